The van der Waals surface area contributed by atoms with Gasteiger partial charge in [0.25, 0.3) is 11.6 Å². The molecule has 0 radical (unpaired) electrons. The molecule has 7 nitrogen and oxygen atoms in total. The van der Waals surface area contributed by atoms with Crippen molar-refractivity contribution in [2.75, 3.05) is 11.9 Å². The minimum Gasteiger partial charge on any atom is -0.455 e. The van der Waals surface area contributed by atoms with E-state index >= 15 is 0 Å². The Morgan fingerprint density at radius 3 is 2.54 bits per heavy atom. The summed E-state index contributed by atoms with van der Waals surface area (Å²) in [5, 5.41) is 13.5. The zero-order chi connectivity index (χ0) is 19.3. The van der Waals surface area contributed by atoms with Crippen molar-refractivity contribution in [3.63, 3.8) is 0 Å². The van der Waals surface area contributed by atoms with Crippen LogP contribution in [0.25, 0.3) is 0 Å². The van der Waals surface area contributed by atoms with Crippen LogP contribution in [0, 0.1) is 24.0 Å². The number of rotatable bonds is 6. The van der Waals surface area contributed by atoms with Crippen molar-refractivity contribution in [3.05, 3.63) is 68.2 Å². The lowest BCUT2D eigenvalue weighted by Crippen LogP contribution is -2.22. The zero-order valence-corrected chi connectivity index (χ0v) is 15.0. The number of halogens is 1. The van der Waals surface area contributed by atoms with E-state index in [4.69, 9.17) is 16.3 Å². The number of nitrogens with one attached hydrogen (secondary N) is 1. The fraction of sp³-hybridized carbons (Fsp3) is 0.222. The lowest BCUT2D eigenvalue weighted by Gasteiger charge is -2.08. The van der Waals surface area contributed by atoms with Gasteiger partial charge in [-0.15, -0.1) is 0 Å². The maximum absolute atomic E-state index is 11.9. The average Bonchev–Trinajstić information content (AvgIpc) is 2.56. The average molecular weight is 377 g/mol. The lowest BCUT2D eigenvalue weighted by molar-refractivity contribution is -0.383. The van der Waals surface area contributed by atoms with Gasteiger partial charge in [-0.2, -0.15) is 0 Å². The van der Waals surface area contributed by atoms with Crippen LogP contribution in [0.2, 0.25) is 5.02 Å². The number of ether oxygens (including phenoxy) is 1. The molecule has 0 unspecified atom stereocenters. The van der Waals surface area contributed by atoms with Crippen LogP contribution in [0.3, 0.4) is 0 Å². The molecule has 0 aliphatic rings. The molecular weight excluding hydrogens is 360 g/mol. The molecule has 2 rings (SSSR count). The Morgan fingerprint density at radius 2 is 1.88 bits per heavy atom. The van der Waals surface area contributed by atoms with Crippen molar-refractivity contribution in [3.8, 4) is 0 Å². The van der Waals surface area contributed by atoms with E-state index < -0.39 is 23.4 Å². The minimum atomic E-state index is -0.691. The van der Waals surface area contributed by atoms with Gasteiger partial charge < -0.3 is 10.1 Å². The molecule has 0 aromatic heterocycles. The van der Waals surface area contributed by atoms with Gasteiger partial charge in [-0.3, -0.25) is 19.7 Å². The second-order valence-electron chi connectivity index (χ2n) is 5.72. The summed E-state index contributed by atoms with van der Waals surface area (Å²) in [7, 11) is 0. The number of aryl methyl sites for hydroxylation is 2. The lowest BCUT2D eigenvalue weighted by atomic mass is 10.0. The second kappa shape index (κ2) is 8.44. The molecule has 2 aromatic rings. The van der Waals surface area contributed by atoms with E-state index in [1.54, 1.807) is 0 Å². The number of hydrogen-bond donors (Lipinski definition) is 1. The Balaban J connectivity index is 1.92. The molecule has 136 valence electrons. The van der Waals surface area contributed by atoms with Crippen molar-refractivity contribution in [1.29, 1.82) is 0 Å². The van der Waals surface area contributed by atoms with Crippen LogP contribution < -0.4 is 5.32 Å². The summed E-state index contributed by atoms with van der Waals surface area (Å²) in [4.78, 5) is 34.1. The van der Waals surface area contributed by atoms with Crippen molar-refractivity contribution < 1.29 is 19.2 Å². The van der Waals surface area contributed by atoms with E-state index in [0.29, 0.717) is 0 Å². The first kappa shape index (κ1) is 19.4. The molecule has 26 heavy (non-hydrogen) atoms. The van der Waals surface area contributed by atoms with Gasteiger partial charge in [-0.05, 0) is 42.7 Å². The Bertz CT molecular complexity index is 867. The number of nitro benzene ring substituents is 1. The monoisotopic (exact) mass is 376 g/mol. The van der Waals surface area contributed by atoms with Crippen LogP contribution in [-0.2, 0) is 20.7 Å². The van der Waals surface area contributed by atoms with Crippen LogP contribution in [0.15, 0.2) is 36.4 Å². The molecule has 0 aliphatic heterocycles. The number of amides is 1. The topological polar surface area (TPSA) is 98.5 Å². The minimum absolute atomic E-state index is 0.0334. The van der Waals surface area contributed by atoms with Gasteiger partial charge in [0.15, 0.2) is 6.61 Å². The summed E-state index contributed by atoms with van der Waals surface area (Å²) in [6.45, 7) is 3.36. The van der Waals surface area contributed by atoms with Gasteiger partial charge in [0.05, 0.1) is 11.3 Å². The van der Waals surface area contributed by atoms with Gasteiger partial charge in [0.1, 0.15) is 5.69 Å². The Kier molecular flexibility index (Phi) is 6.30. The Labute approximate surface area is 155 Å². The normalized spacial score (nSPS) is 10.3. The first-order valence-electron chi connectivity index (χ1n) is 7.72. The largest absolute Gasteiger partial charge is 0.455 e. The van der Waals surface area contributed by atoms with Gasteiger partial charge in [0, 0.05) is 11.1 Å². The number of nitrogens with zero attached hydrogens (tertiary/aromatic N) is 1. The summed E-state index contributed by atoms with van der Waals surface area (Å²) in [5.74, 6) is -1.26. The van der Waals surface area contributed by atoms with Crippen LogP contribution in [-0.4, -0.2) is 23.4 Å². The highest BCUT2D eigenvalue weighted by Crippen LogP contribution is 2.27. The van der Waals surface area contributed by atoms with Crippen molar-refractivity contribution in [2.24, 2.45) is 0 Å². The molecule has 1 amide bonds. The summed E-state index contributed by atoms with van der Waals surface area (Å²) in [5.41, 5.74) is 2.59. The smallest absolute Gasteiger partial charge is 0.310 e. The maximum atomic E-state index is 11.9. The molecule has 1 N–H and O–H groups in total. The van der Waals surface area contributed by atoms with E-state index in [0.717, 1.165) is 16.7 Å². The molecule has 0 bridgehead atoms. The van der Waals surface area contributed by atoms with E-state index in [1.165, 1.54) is 18.2 Å². The summed E-state index contributed by atoms with van der Waals surface area (Å²) >= 11 is 5.79. The van der Waals surface area contributed by atoms with Crippen molar-refractivity contribution in [2.45, 2.75) is 20.3 Å². The SMILES string of the molecule is Cc1ccc(CC(=O)OCC(=O)Nc2cc(Cl)ccc2[N+](=O)[O-])cc1C. The van der Waals surface area contributed by atoms with Crippen LogP contribution >= 0.6 is 11.6 Å². The molecule has 0 saturated heterocycles. The fourth-order valence-corrected chi connectivity index (χ4v) is 2.40. The first-order valence-corrected chi connectivity index (χ1v) is 8.09. The highest BCUT2D eigenvalue weighted by Gasteiger charge is 2.17. The molecule has 8 heteroatoms. The molecule has 0 heterocycles. The van der Waals surface area contributed by atoms with Crippen LogP contribution in [0.4, 0.5) is 11.4 Å². The summed E-state index contributed by atoms with van der Waals surface area (Å²) in [6.07, 6.45) is 0.0334. The predicted octanol–water partition coefficient (Wildman–Crippen LogP) is 3.59. The first-order chi connectivity index (χ1) is 12.3. The van der Waals surface area contributed by atoms with Gasteiger partial charge >= 0.3 is 5.97 Å². The van der Waals surface area contributed by atoms with E-state index in [2.05, 4.69) is 5.32 Å². The molecule has 0 saturated carbocycles. The van der Waals surface area contributed by atoms with E-state index in [-0.39, 0.29) is 22.8 Å². The van der Waals surface area contributed by atoms with Crippen LogP contribution in [0.1, 0.15) is 16.7 Å². The number of esters is 1. The summed E-state index contributed by atoms with van der Waals surface area (Å²) < 4.78 is 4.93. The molecule has 0 atom stereocenters. The van der Waals surface area contributed by atoms with Crippen molar-refractivity contribution in [1.82, 2.24) is 0 Å². The van der Waals surface area contributed by atoms with Crippen molar-refractivity contribution >= 4 is 34.9 Å². The summed E-state index contributed by atoms with van der Waals surface area (Å²) in [6, 6.07) is 9.39. The number of carbonyl (C=O) groups is 2. The number of nitro groups is 1. The van der Waals surface area contributed by atoms with E-state index in [9.17, 15) is 19.7 Å². The number of carbonyl (C=O) groups excluding carboxylic acids is 2. The molecule has 0 fully saturated rings. The highest BCUT2D eigenvalue weighted by atomic mass is 35.5. The molecule has 0 aliphatic carbocycles. The fourth-order valence-electron chi connectivity index (χ4n) is 2.23. The quantitative estimate of drug-likeness (QED) is 0.472. The highest BCUT2D eigenvalue weighted by molar-refractivity contribution is 6.31. The standard InChI is InChI=1S/C18H17ClN2O5/c1-11-3-4-13(7-12(11)2)8-18(23)26-10-17(22)20-15-9-14(19)5-6-16(15)21(24)25/h3-7,9H,8,10H2,1-2H3,(H,20,22). The number of anilines is 1. The predicted molar refractivity (Wildman–Crippen MR) is 97.3 cm³/mol. The second-order valence-corrected chi connectivity index (χ2v) is 6.16. The third kappa shape index (κ3) is 5.29. The van der Waals surface area contributed by atoms with Gasteiger partial charge in [-0.25, -0.2) is 0 Å². The Hall–Kier alpha value is -2.93. The van der Waals surface area contributed by atoms with E-state index in [1.807, 2.05) is 32.0 Å². The molecular formula is C18H17ClN2O5. The maximum Gasteiger partial charge on any atom is 0.310 e. The third-order valence-corrected chi connectivity index (χ3v) is 3.95. The number of benzene rings is 2. The van der Waals surface area contributed by atoms with Gasteiger partial charge in [-0.1, -0.05) is 29.8 Å². The molecule has 2 aromatic carbocycles. The van der Waals surface area contributed by atoms with Gasteiger partial charge in [0.2, 0.25) is 0 Å². The zero-order valence-electron chi connectivity index (χ0n) is 14.2. The Morgan fingerprint density at radius 1 is 1.15 bits per heavy atom. The molecule has 0 spiro atoms. The third-order valence-electron chi connectivity index (χ3n) is 3.71. The number of hydrogen-bond acceptors (Lipinski definition) is 5. The van der Waals surface area contributed by atoms with Crippen LogP contribution in [0.5, 0.6) is 0 Å².